The third kappa shape index (κ3) is 2.75. The van der Waals surface area contributed by atoms with E-state index in [1.54, 1.807) is 0 Å². The minimum Gasteiger partial charge on any atom is -0.396 e. The maximum absolute atomic E-state index is 5.99. The lowest BCUT2D eigenvalue weighted by Crippen LogP contribution is -2.06. The van der Waals surface area contributed by atoms with Gasteiger partial charge in [0.15, 0.2) is 0 Å². The van der Waals surface area contributed by atoms with Gasteiger partial charge in [0, 0.05) is 12.2 Å². The third-order valence-corrected chi connectivity index (χ3v) is 2.70. The van der Waals surface area contributed by atoms with Gasteiger partial charge < -0.3 is 11.1 Å². The molecule has 0 fully saturated rings. The Morgan fingerprint density at radius 2 is 1.88 bits per heavy atom. The normalized spacial score (nSPS) is 10.2. The summed E-state index contributed by atoms with van der Waals surface area (Å²) < 4.78 is 0. The SMILES string of the molecule is Cc1cc(C)c(N)c(NCc2ccccc2)n1. The number of hydrogen-bond donors (Lipinski definition) is 2. The zero-order valence-electron chi connectivity index (χ0n) is 10.2. The first-order chi connectivity index (χ1) is 8.16. The van der Waals surface area contributed by atoms with Crippen molar-refractivity contribution in [2.24, 2.45) is 0 Å². The molecule has 3 nitrogen and oxygen atoms in total. The van der Waals surface area contributed by atoms with Crippen LogP contribution in [0.15, 0.2) is 36.4 Å². The number of nitrogens with one attached hydrogen (secondary N) is 1. The highest BCUT2D eigenvalue weighted by Gasteiger charge is 2.04. The molecule has 2 aromatic rings. The lowest BCUT2D eigenvalue weighted by atomic mass is 10.2. The summed E-state index contributed by atoms with van der Waals surface area (Å²) in [5.41, 5.74) is 9.98. The number of aryl methyl sites for hydroxylation is 2. The fraction of sp³-hybridized carbons (Fsp3) is 0.214. The number of anilines is 2. The Morgan fingerprint density at radius 3 is 2.59 bits per heavy atom. The largest absolute Gasteiger partial charge is 0.396 e. The summed E-state index contributed by atoms with van der Waals surface area (Å²) in [6, 6.07) is 12.2. The average Bonchev–Trinajstić information content (AvgIpc) is 2.33. The van der Waals surface area contributed by atoms with Crippen LogP contribution in [0.1, 0.15) is 16.8 Å². The van der Waals surface area contributed by atoms with Crippen molar-refractivity contribution in [1.82, 2.24) is 4.98 Å². The lowest BCUT2D eigenvalue weighted by Gasteiger charge is -2.11. The molecular weight excluding hydrogens is 210 g/mol. The van der Waals surface area contributed by atoms with Crippen LogP contribution in [0.4, 0.5) is 11.5 Å². The molecule has 2 rings (SSSR count). The second kappa shape index (κ2) is 4.87. The quantitative estimate of drug-likeness (QED) is 0.847. The van der Waals surface area contributed by atoms with E-state index in [0.29, 0.717) is 0 Å². The molecule has 0 saturated carbocycles. The molecule has 0 aliphatic rings. The number of rotatable bonds is 3. The maximum atomic E-state index is 5.99. The fourth-order valence-corrected chi connectivity index (χ4v) is 1.76. The van der Waals surface area contributed by atoms with Crippen LogP contribution in [0, 0.1) is 13.8 Å². The van der Waals surface area contributed by atoms with Crippen LogP contribution in [-0.2, 0) is 6.54 Å². The van der Waals surface area contributed by atoms with E-state index in [1.807, 2.05) is 38.1 Å². The maximum Gasteiger partial charge on any atom is 0.150 e. The number of nitrogens with zero attached hydrogens (tertiary/aromatic N) is 1. The summed E-state index contributed by atoms with van der Waals surface area (Å²) in [5.74, 6) is 0.770. The number of pyridine rings is 1. The summed E-state index contributed by atoms with van der Waals surface area (Å²) in [6.07, 6.45) is 0. The predicted octanol–water partition coefficient (Wildman–Crippen LogP) is 2.89. The van der Waals surface area contributed by atoms with Gasteiger partial charge in [0.25, 0.3) is 0 Å². The topological polar surface area (TPSA) is 50.9 Å². The van der Waals surface area contributed by atoms with E-state index in [2.05, 4.69) is 22.4 Å². The van der Waals surface area contributed by atoms with Crippen molar-refractivity contribution in [3.63, 3.8) is 0 Å². The van der Waals surface area contributed by atoms with Gasteiger partial charge in [-0.25, -0.2) is 4.98 Å². The van der Waals surface area contributed by atoms with Crippen molar-refractivity contribution in [3.05, 3.63) is 53.2 Å². The molecule has 0 amide bonds. The standard InChI is InChI=1S/C14H17N3/c1-10-8-11(2)17-14(13(10)15)16-9-12-6-4-3-5-7-12/h3-8H,9,15H2,1-2H3,(H,16,17). The van der Waals surface area contributed by atoms with Crippen LogP contribution in [-0.4, -0.2) is 4.98 Å². The average molecular weight is 227 g/mol. The molecule has 3 heteroatoms. The molecule has 0 unspecified atom stereocenters. The van der Waals surface area contributed by atoms with Gasteiger partial charge in [0.1, 0.15) is 5.82 Å². The van der Waals surface area contributed by atoms with Gasteiger partial charge >= 0.3 is 0 Å². The molecule has 0 aliphatic carbocycles. The highest BCUT2D eigenvalue weighted by molar-refractivity contribution is 5.65. The molecule has 1 aromatic heterocycles. The minimum absolute atomic E-state index is 0.728. The van der Waals surface area contributed by atoms with E-state index in [-0.39, 0.29) is 0 Å². The summed E-state index contributed by atoms with van der Waals surface area (Å²) in [6.45, 7) is 4.71. The number of nitrogen functional groups attached to an aromatic ring is 1. The smallest absolute Gasteiger partial charge is 0.150 e. The van der Waals surface area contributed by atoms with Gasteiger partial charge in [-0.3, -0.25) is 0 Å². The van der Waals surface area contributed by atoms with Gasteiger partial charge in [0.05, 0.1) is 5.69 Å². The Hall–Kier alpha value is -2.03. The molecule has 0 radical (unpaired) electrons. The van der Waals surface area contributed by atoms with Crippen LogP contribution < -0.4 is 11.1 Å². The van der Waals surface area contributed by atoms with Crippen molar-refractivity contribution in [3.8, 4) is 0 Å². The Kier molecular flexibility index (Phi) is 3.28. The lowest BCUT2D eigenvalue weighted by molar-refractivity contribution is 1.08. The van der Waals surface area contributed by atoms with Gasteiger partial charge in [-0.05, 0) is 31.0 Å². The predicted molar refractivity (Wildman–Crippen MR) is 71.9 cm³/mol. The van der Waals surface area contributed by atoms with E-state index in [0.717, 1.165) is 29.3 Å². The van der Waals surface area contributed by atoms with Gasteiger partial charge in [0.2, 0.25) is 0 Å². The highest BCUT2D eigenvalue weighted by Crippen LogP contribution is 2.21. The first-order valence-electron chi connectivity index (χ1n) is 5.68. The molecule has 17 heavy (non-hydrogen) atoms. The number of aromatic nitrogens is 1. The van der Waals surface area contributed by atoms with Gasteiger partial charge in [-0.1, -0.05) is 30.3 Å². The van der Waals surface area contributed by atoms with E-state index in [1.165, 1.54) is 5.56 Å². The van der Waals surface area contributed by atoms with Crippen LogP contribution in [0.3, 0.4) is 0 Å². The second-order valence-electron chi connectivity index (χ2n) is 4.18. The van der Waals surface area contributed by atoms with E-state index in [4.69, 9.17) is 5.73 Å². The molecule has 0 aliphatic heterocycles. The number of nitrogens with two attached hydrogens (primary N) is 1. The second-order valence-corrected chi connectivity index (χ2v) is 4.18. The Labute approximate surface area is 102 Å². The van der Waals surface area contributed by atoms with Crippen molar-refractivity contribution in [2.75, 3.05) is 11.1 Å². The van der Waals surface area contributed by atoms with E-state index in [9.17, 15) is 0 Å². The molecule has 0 spiro atoms. The third-order valence-electron chi connectivity index (χ3n) is 2.70. The van der Waals surface area contributed by atoms with Crippen molar-refractivity contribution in [1.29, 1.82) is 0 Å². The summed E-state index contributed by atoms with van der Waals surface area (Å²) in [4.78, 5) is 4.41. The first kappa shape index (κ1) is 11.5. The molecule has 0 bridgehead atoms. The molecule has 3 N–H and O–H groups in total. The minimum atomic E-state index is 0.728. The Balaban J connectivity index is 2.14. The summed E-state index contributed by atoms with van der Waals surface area (Å²) >= 11 is 0. The molecule has 1 aromatic carbocycles. The molecule has 1 heterocycles. The molecule has 0 atom stereocenters. The fourth-order valence-electron chi connectivity index (χ4n) is 1.76. The van der Waals surface area contributed by atoms with Crippen molar-refractivity contribution < 1.29 is 0 Å². The number of benzene rings is 1. The molecule has 0 saturated heterocycles. The highest BCUT2D eigenvalue weighted by atomic mass is 15.0. The zero-order valence-corrected chi connectivity index (χ0v) is 10.2. The van der Waals surface area contributed by atoms with Crippen LogP contribution in [0.2, 0.25) is 0 Å². The van der Waals surface area contributed by atoms with Crippen LogP contribution in [0.5, 0.6) is 0 Å². The zero-order chi connectivity index (χ0) is 12.3. The van der Waals surface area contributed by atoms with E-state index >= 15 is 0 Å². The first-order valence-corrected chi connectivity index (χ1v) is 5.68. The summed E-state index contributed by atoms with van der Waals surface area (Å²) in [7, 11) is 0. The van der Waals surface area contributed by atoms with Gasteiger partial charge in [-0.2, -0.15) is 0 Å². The van der Waals surface area contributed by atoms with Crippen molar-refractivity contribution in [2.45, 2.75) is 20.4 Å². The molecular formula is C14H17N3. The van der Waals surface area contributed by atoms with Crippen LogP contribution >= 0.6 is 0 Å². The molecule has 88 valence electrons. The van der Waals surface area contributed by atoms with Crippen molar-refractivity contribution >= 4 is 11.5 Å². The van der Waals surface area contributed by atoms with E-state index < -0.39 is 0 Å². The Morgan fingerprint density at radius 1 is 1.18 bits per heavy atom. The monoisotopic (exact) mass is 227 g/mol. The Bertz CT molecular complexity index is 506. The van der Waals surface area contributed by atoms with Crippen LogP contribution in [0.25, 0.3) is 0 Å². The van der Waals surface area contributed by atoms with Gasteiger partial charge in [-0.15, -0.1) is 0 Å². The number of hydrogen-bond acceptors (Lipinski definition) is 3. The summed E-state index contributed by atoms with van der Waals surface area (Å²) in [5, 5.41) is 3.27.